The summed E-state index contributed by atoms with van der Waals surface area (Å²) in [6.45, 7) is -0.459. The van der Waals surface area contributed by atoms with Crippen molar-refractivity contribution >= 4 is 0 Å². The van der Waals surface area contributed by atoms with Gasteiger partial charge in [-0.25, -0.2) is 0 Å². The van der Waals surface area contributed by atoms with Crippen LogP contribution >= 0.6 is 0 Å². The van der Waals surface area contributed by atoms with Crippen LogP contribution in [-0.2, 0) is 11.2 Å². The summed E-state index contributed by atoms with van der Waals surface area (Å²) in [5.74, 6) is 1.58. The van der Waals surface area contributed by atoms with Gasteiger partial charge in [0.2, 0.25) is 0 Å². The smallest absolute Gasteiger partial charge is 0.122 e. The van der Waals surface area contributed by atoms with E-state index in [1.54, 1.807) is 19.2 Å². The molecule has 2 aromatic rings. The SMILES string of the molecule is COc1ccc([C@@H]2O[C@H](CO)[C@@H](O)[C@H](O)[C@H]2O)cc1Cc1ccc(OC2CCCC2)cc1. The number of hydrogen-bond donors (Lipinski definition) is 4. The van der Waals surface area contributed by atoms with E-state index in [1.807, 2.05) is 30.3 Å². The normalized spacial score (nSPS) is 28.6. The van der Waals surface area contributed by atoms with Crippen molar-refractivity contribution < 1.29 is 34.6 Å². The van der Waals surface area contributed by atoms with E-state index in [0.717, 1.165) is 29.7 Å². The van der Waals surface area contributed by atoms with Crippen LogP contribution in [0.5, 0.6) is 11.5 Å². The van der Waals surface area contributed by atoms with Crippen LogP contribution in [-0.4, -0.2) is 64.7 Å². The number of rotatable bonds is 7. The highest BCUT2D eigenvalue weighted by Crippen LogP contribution is 2.35. The average Bonchev–Trinajstić information content (AvgIpc) is 3.32. The van der Waals surface area contributed by atoms with Gasteiger partial charge in [-0.3, -0.25) is 0 Å². The molecule has 2 aromatic carbocycles. The van der Waals surface area contributed by atoms with Gasteiger partial charge in [0.1, 0.15) is 42.0 Å². The summed E-state index contributed by atoms with van der Waals surface area (Å²) in [5, 5.41) is 40.1. The van der Waals surface area contributed by atoms with Crippen molar-refractivity contribution in [1.82, 2.24) is 0 Å². The largest absolute Gasteiger partial charge is 0.496 e. The fourth-order valence-electron chi connectivity index (χ4n) is 4.60. The van der Waals surface area contributed by atoms with E-state index in [4.69, 9.17) is 14.2 Å². The molecule has 1 saturated heterocycles. The lowest BCUT2D eigenvalue weighted by Gasteiger charge is -2.40. The zero-order valence-corrected chi connectivity index (χ0v) is 18.3. The van der Waals surface area contributed by atoms with E-state index in [1.165, 1.54) is 12.8 Å². The third-order valence-electron chi connectivity index (χ3n) is 6.45. The molecule has 0 aromatic heterocycles. The van der Waals surface area contributed by atoms with Gasteiger partial charge in [-0.2, -0.15) is 0 Å². The monoisotopic (exact) mass is 444 g/mol. The molecule has 0 unspecified atom stereocenters. The van der Waals surface area contributed by atoms with Crippen molar-refractivity contribution in [3.8, 4) is 11.5 Å². The molecule has 0 spiro atoms. The van der Waals surface area contributed by atoms with Crippen LogP contribution in [0.25, 0.3) is 0 Å². The van der Waals surface area contributed by atoms with Gasteiger partial charge in [0.15, 0.2) is 0 Å². The van der Waals surface area contributed by atoms with Gasteiger partial charge in [-0.05, 0) is 66.6 Å². The van der Waals surface area contributed by atoms with E-state index in [9.17, 15) is 20.4 Å². The Labute approximate surface area is 188 Å². The molecule has 7 nitrogen and oxygen atoms in total. The Morgan fingerprint density at radius 3 is 2.31 bits per heavy atom. The first-order valence-electron chi connectivity index (χ1n) is 11.2. The lowest BCUT2D eigenvalue weighted by Crippen LogP contribution is -2.55. The van der Waals surface area contributed by atoms with Crippen LogP contribution in [0.3, 0.4) is 0 Å². The molecule has 0 bridgehead atoms. The predicted molar refractivity (Wildman–Crippen MR) is 118 cm³/mol. The summed E-state index contributed by atoms with van der Waals surface area (Å²) in [4.78, 5) is 0. The Morgan fingerprint density at radius 2 is 1.66 bits per heavy atom. The lowest BCUT2D eigenvalue weighted by molar-refractivity contribution is -0.231. The molecule has 2 aliphatic rings. The maximum atomic E-state index is 10.5. The van der Waals surface area contributed by atoms with Crippen molar-refractivity contribution in [1.29, 1.82) is 0 Å². The first kappa shape index (κ1) is 23.0. The molecule has 4 N–H and O–H groups in total. The van der Waals surface area contributed by atoms with Crippen LogP contribution in [0.2, 0.25) is 0 Å². The molecule has 174 valence electrons. The summed E-state index contributed by atoms with van der Waals surface area (Å²) < 4.78 is 17.3. The quantitative estimate of drug-likeness (QED) is 0.518. The standard InChI is InChI=1S/C25H32O7/c1-30-20-11-8-16(25-24(29)23(28)22(27)21(14-26)32-25)13-17(20)12-15-6-9-19(10-7-15)31-18-4-2-3-5-18/h6-11,13,18,21-29H,2-5,12,14H2,1H3/t21-,22-,23+,24-,25+/m1/s1. The summed E-state index contributed by atoms with van der Waals surface area (Å²) in [6, 6.07) is 13.5. The molecular weight excluding hydrogens is 412 g/mol. The molecular formula is C25H32O7. The minimum absolute atomic E-state index is 0.316. The number of methoxy groups -OCH3 is 1. The second-order valence-corrected chi connectivity index (χ2v) is 8.67. The van der Waals surface area contributed by atoms with Gasteiger partial charge in [-0.1, -0.05) is 18.2 Å². The fourth-order valence-corrected chi connectivity index (χ4v) is 4.60. The van der Waals surface area contributed by atoms with E-state index in [-0.39, 0.29) is 0 Å². The van der Waals surface area contributed by atoms with Crippen molar-refractivity contribution in [3.05, 3.63) is 59.2 Å². The first-order valence-corrected chi connectivity index (χ1v) is 11.2. The second kappa shape index (κ2) is 10.2. The molecule has 7 heteroatoms. The van der Waals surface area contributed by atoms with Crippen LogP contribution in [0.4, 0.5) is 0 Å². The van der Waals surface area contributed by atoms with Crippen molar-refractivity contribution in [2.45, 2.75) is 68.7 Å². The van der Waals surface area contributed by atoms with Crippen LogP contribution in [0.1, 0.15) is 48.5 Å². The van der Waals surface area contributed by atoms with Crippen LogP contribution in [0.15, 0.2) is 42.5 Å². The third kappa shape index (κ3) is 4.92. The fraction of sp³-hybridized carbons (Fsp3) is 0.520. The summed E-state index contributed by atoms with van der Waals surface area (Å²) in [5.41, 5.74) is 2.61. The minimum atomic E-state index is -1.41. The Kier molecular flexibility index (Phi) is 7.33. The minimum Gasteiger partial charge on any atom is -0.496 e. The highest BCUT2D eigenvalue weighted by molar-refractivity contribution is 5.42. The molecule has 0 radical (unpaired) electrons. The van der Waals surface area contributed by atoms with E-state index in [0.29, 0.717) is 23.8 Å². The molecule has 1 aliphatic heterocycles. The molecule has 4 rings (SSSR count). The van der Waals surface area contributed by atoms with Crippen LogP contribution < -0.4 is 9.47 Å². The molecule has 32 heavy (non-hydrogen) atoms. The highest BCUT2D eigenvalue weighted by Gasteiger charge is 2.44. The summed E-state index contributed by atoms with van der Waals surface area (Å²) >= 11 is 0. The molecule has 5 atom stereocenters. The highest BCUT2D eigenvalue weighted by atomic mass is 16.5. The molecule has 2 fully saturated rings. The van der Waals surface area contributed by atoms with Gasteiger partial charge >= 0.3 is 0 Å². The Hall–Kier alpha value is -2.16. The molecule has 1 saturated carbocycles. The Morgan fingerprint density at radius 1 is 0.938 bits per heavy atom. The van der Waals surface area contributed by atoms with E-state index in [2.05, 4.69) is 0 Å². The van der Waals surface area contributed by atoms with Crippen molar-refractivity contribution in [2.75, 3.05) is 13.7 Å². The van der Waals surface area contributed by atoms with Gasteiger partial charge in [0, 0.05) is 6.42 Å². The van der Waals surface area contributed by atoms with Crippen molar-refractivity contribution in [2.24, 2.45) is 0 Å². The third-order valence-corrected chi connectivity index (χ3v) is 6.45. The molecule has 0 amide bonds. The maximum absolute atomic E-state index is 10.5. The molecule has 1 aliphatic carbocycles. The zero-order valence-electron chi connectivity index (χ0n) is 18.3. The van der Waals surface area contributed by atoms with Gasteiger partial charge in [0.05, 0.1) is 19.8 Å². The second-order valence-electron chi connectivity index (χ2n) is 8.67. The Balaban J connectivity index is 1.52. The number of ether oxygens (including phenoxy) is 3. The van der Waals surface area contributed by atoms with Gasteiger partial charge in [0.25, 0.3) is 0 Å². The number of aliphatic hydroxyl groups excluding tert-OH is 4. The number of aliphatic hydroxyl groups is 4. The number of hydrogen-bond acceptors (Lipinski definition) is 7. The van der Waals surface area contributed by atoms with Crippen molar-refractivity contribution in [3.63, 3.8) is 0 Å². The topological polar surface area (TPSA) is 109 Å². The van der Waals surface area contributed by atoms with Gasteiger partial charge < -0.3 is 34.6 Å². The summed E-state index contributed by atoms with van der Waals surface area (Å²) in [6.07, 6.45) is -0.338. The van der Waals surface area contributed by atoms with E-state index < -0.39 is 37.1 Å². The van der Waals surface area contributed by atoms with Crippen LogP contribution in [0, 0.1) is 0 Å². The van der Waals surface area contributed by atoms with Gasteiger partial charge in [-0.15, -0.1) is 0 Å². The lowest BCUT2D eigenvalue weighted by atomic mass is 9.90. The summed E-state index contributed by atoms with van der Waals surface area (Å²) in [7, 11) is 1.60. The van der Waals surface area contributed by atoms with E-state index >= 15 is 0 Å². The Bertz CT molecular complexity index is 876. The molecule has 1 heterocycles. The number of benzene rings is 2. The first-order chi connectivity index (χ1) is 15.5. The predicted octanol–water partition coefficient (Wildman–Crippen LogP) is 2.12. The average molecular weight is 445 g/mol. The maximum Gasteiger partial charge on any atom is 0.122 e. The zero-order chi connectivity index (χ0) is 22.7.